The molecule has 0 radical (unpaired) electrons. The number of pyridine rings is 1. The van der Waals surface area contributed by atoms with Crippen molar-refractivity contribution in [3.63, 3.8) is 0 Å². The van der Waals surface area contributed by atoms with Crippen molar-refractivity contribution in [2.45, 2.75) is 0 Å². The Kier molecular flexibility index (Phi) is 3.83. The average molecular weight is 289 g/mol. The summed E-state index contributed by atoms with van der Waals surface area (Å²) in [5.41, 5.74) is 9.68. The number of hydrogen-bond acceptors (Lipinski definition) is 3. The normalized spacial score (nSPS) is 10.2. The van der Waals surface area contributed by atoms with Crippen molar-refractivity contribution in [2.24, 2.45) is 0 Å². The second kappa shape index (κ2) is 6.10. The molecular formula is C18H15N3O. The van der Waals surface area contributed by atoms with E-state index in [0.717, 1.165) is 11.1 Å². The number of rotatable bonds is 3. The second-order valence-electron chi connectivity index (χ2n) is 4.86. The summed E-state index contributed by atoms with van der Waals surface area (Å²) in [6.07, 6.45) is 3.46. The van der Waals surface area contributed by atoms with Crippen LogP contribution in [-0.4, -0.2) is 10.9 Å². The lowest BCUT2D eigenvalue weighted by atomic mass is 10.1. The first kappa shape index (κ1) is 13.8. The van der Waals surface area contributed by atoms with Crippen LogP contribution >= 0.6 is 0 Å². The molecule has 0 unspecified atom stereocenters. The highest BCUT2D eigenvalue weighted by Gasteiger charge is 2.09. The van der Waals surface area contributed by atoms with E-state index in [9.17, 15) is 4.79 Å². The molecule has 0 bridgehead atoms. The number of benzene rings is 2. The molecule has 0 atom stereocenters. The highest BCUT2D eigenvalue weighted by atomic mass is 16.1. The quantitative estimate of drug-likeness (QED) is 0.724. The number of aromatic nitrogens is 1. The summed E-state index contributed by atoms with van der Waals surface area (Å²) in [7, 11) is 0. The SMILES string of the molecule is Nc1ccc(-c2ccncc2)cc1NC(=O)c1ccccc1. The van der Waals surface area contributed by atoms with Crippen LogP contribution in [0, 0.1) is 0 Å². The van der Waals surface area contributed by atoms with Gasteiger partial charge in [0.25, 0.3) is 5.91 Å². The summed E-state index contributed by atoms with van der Waals surface area (Å²) in [6, 6.07) is 18.4. The van der Waals surface area contributed by atoms with Crippen LogP contribution in [-0.2, 0) is 0 Å². The van der Waals surface area contributed by atoms with Crippen molar-refractivity contribution in [2.75, 3.05) is 11.1 Å². The molecule has 0 aliphatic rings. The largest absolute Gasteiger partial charge is 0.397 e. The molecule has 3 aromatic rings. The molecule has 2 aromatic carbocycles. The minimum Gasteiger partial charge on any atom is -0.397 e. The molecule has 0 aliphatic heterocycles. The Morgan fingerprint density at radius 2 is 1.64 bits per heavy atom. The molecule has 4 nitrogen and oxygen atoms in total. The topological polar surface area (TPSA) is 68.0 Å². The Bertz CT molecular complexity index is 786. The lowest BCUT2D eigenvalue weighted by molar-refractivity contribution is 0.102. The van der Waals surface area contributed by atoms with Gasteiger partial charge in [0.1, 0.15) is 0 Å². The monoisotopic (exact) mass is 289 g/mol. The van der Waals surface area contributed by atoms with E-state index in [0.29, 0.717) is 16.9 Å². The Labute approximate surface area is 128 Å². The van der Waals surface area contributed by atoms with E-state index in [2.05, 4.69) is 10.3 Å². The van der Waals surface area contributed by atoms with Gasteiger partial charge in [-0.2, -0.15) is 0 Å². The summed E-state index contributed by atoms with van der Waals surface area (Å²) < 4.78 is 0. The van der Waals surface area contributed by atoms with Crippen LogP contribution in [0.2, 0.25) is 0 Å². The van der Waals surface area contributed by atoms with Crippen LogP contribution in [0.3, 0.4) is 0 Å². The molecule has 0 fully saturated rings. The van der Waals surface area contributed by atoms with Gasteiger partial charge in [0.2, 0.25) is 0 Å². The van der Waals surface area contributed by atoms with Gasteiger partial charge in [0.15, 0.2) is 0 Å². The molecule has 0 saturated heterocycles. The zero-order valence-electron chi connectivity index (χ0n) is 11.9. The Morgan fingerprint density at radius 1 is 0.909 bits per heavy atom. The van der Waals surface area contributed by atoms with Gasteiger partial charge < -0.3 is 11.1 Å². The average Bonchev–Trinajstić information content (AvgIpc) is 2.58. The Morgan fingerprint density at radius 3 is 2.36 bits per heavy atom. The van der Waals surface area contributed by atoms with Crippen molar-refractivity contribution in [3.05, 3.63) is 78.6 Å². The lowest BCUT2D eigenvalue weighted by Gasteiger charge is -2.10. The third-order valence-corrected chi connectivity index (χ3v) is 3.35. The van der Waals surface area contributed by atoms with Crippen molar-refractivity contribution in [1.82, 2.24) is 4.98 Å². The summed E-state index contributed by atoms with van der Waals surface area (Å²) >= 11 is 0. The molecule has 4 heteroatoms. The van der Waals surface area contributed by atoms with Gasteiger partial charge in [0.05, 0.1) is 11.4 Å². The third-order valence-electron chi connectivity index (χ3n) is 3.35. The number of carbonyl (C=O) groups excluding carboxylic acids is 1. The van der Waals surface area contributed by atoms with E-state index in [-0.39, 0.29) is 5.91 Å². The van der Waals surface area contributed by atoms with Crippen LogP contribution in [0.15, 0.2) is 73.1 Å². The van der Waals surface area contributed by atoms with E-state index in [1.807, 2.05) is 42.5 Å². The number of amides is 1. The smallest absolute Gasteiger partial charge is 0.255 e. The molecule has 22 heavy (non-hydrogen) atoms. The number of hydrogen-bond donors (Lipinski definition) is 2. The number of nitrogens with two attached hydrogens (primary N) is 1. The molecular weight excluding hydrogens is 274 g/mol. The van der Waals surface area contributed by atoms with Crippen molar-refractivity contribution in [1.29, 1.82) is 0 Å². The highest BCUT2D eigenvalue weighted by Crippen LogP contribution is 2.27. The lowest BCUT2D eigenvalue weighted by Crippen LogP contribution is -2.13. The van der Waals surface area contributed by atoms with Crippen LogP contribution in [0.5, 0.6) is 0 Å². The maximum absolute atomic E-state index is 12.2. The van der Waals surface area contributed by atoms with Gasteiger partial charge in [0, 0.05) is 18.0 Å². The van der Waals surface area contributed by atoms with Crippen molar-refractivity contribution < 1.29 is 4.79 Å². The minimum absolute atomic E-state index is 0.181. The fraction of sp³-hybridized carbons (Fsp3) is 0. The second-order valence-corrected chi connectivity index (χ2v) is 4.86. The summed E-state index contributed by atoms with van der Waals surface area (Å²) in [4.78, 5) is 16.2. The van der Waals surface area contributed by atoms with E-state index >= 15 is 0 Å². The molecule has 0 saturated carbocycles. The van der Waals surface area contributed by atoms with Gasteiger partial charge in [-0.05, 0) is 47.5 Å². The van der Waals surface area contributed by atoms with Crippen molar-refractivity contribution in [3.8, 4) is 11.1 Å². The minimum atomic E-state index is -0.181. The van der Waals surface area contributed by atoms with Crippen LogP contribution < -0.4 is 11.1 Å². The van der Waals surface area contributed by atoms with Crippen LogP contribution in [0.1, 0.15) is 10.4 Å². The number of anilines is 2. The molecule has 108 valence electrons. The van der Waals surface area contributed by atoms with Gasteiger partial charge in [-0.15, -0.1) is 0 Å². The highest BCUT2D eigenvalue weighted by molar-refractivity contribution is 6.06. The summed E-state index contributed by atoms with van der Waals surface area (Å²) in [5.74, 6) is -0.181. The molecule has 0 spiro atoms. The van der Waals surface area contributed by atoms with E-state index < -0.39 is 0 Å². The van der Waals surface area contributed by atoms with Gasteiger partial charge >= 0.3 is 0 Å². The zero-order valence-corrected chi connectivity index (χ0v) is 11.9. The third kappa shape index (κ3) is 2.96. The first-order valence-electron chi connectivity index (χ1n) is 6.90. The summed E-state index contributed by atoms with van der Waals surface area (Å²) in [5, 5.41) is 2.86. The predicted molar refractivity (Wildman–Crippen MR) is 88.5 cm³/mol. The van der Waals surface area contributed by atoms with E-state index in [1.54, 1.807) is 30.6 Å². The first-order chi connectivity index (χ1) is 10.7. The standard InChI is InChI=1S/C18H15N3O/c19-16-7-6-15(13-8-10-20-11-9-13)12-17(16)21-18(22)14-4-2-1-3-5-14/h1-12H,19H2,(H,21,22). The fourth-order valence-electron chi connectivity index (χ4n) is 2.17. The maximum Gasteiger partial charge on any atom is 0.255 e. The van der Waals surface area contributed by atoms with Crippen LogP contribution in [0.4, 0.5) is 11.4 Å². The van der Waals surface area contributed by atoms with Gasteiger partial charge in [-0.1, -0.05) is 24.3 Å². The predicted octanol–water partition coefficient (Wildman–Crippen LogP) is 3.58. The summed E-state index contributed by atoms with van der Waals surface area (Å²) in [6.45, 7) is 0. The van der Waals surface area contributed by atoms with Gasteiger partial charge in [-0.25, -0.2) is 0 Å². The van der Waals surface area contributed by atoms with Crippen molar-refractivity contribution >= 4 is 17.3 Å². The number of carbonyl (C=O) groups is 1. The van der Waals surface area contributed by atoms with E-state index in [1.165, 1.54) is 0 Å². The van der Waals surface area contributed by atoms with Crippen LogP contribution in [0.25, 0.3) is 11.1 Å². The molecule has 0 aliphatic carbocycles. The zero-order chi connectivity index (χ0) is 15.4. The maximum atomic E-state index is 12.2. The Balaban J connectivity index is 1.89. The van der Waals surface area contributed by atoms with E-state index in [4.69, 9.17) is 5.73 Å². The number of nitrogens with zero attached hydrogens (tertiary/aromatic N) is 1. The molecule has 3 rings (SSSR count). The van der Waals surface area contributed by atoms with Gasteiger partial charge in [-0.3, -0.25) is 9.78 Å². The first-order valence-corrected chi connectivity index (χ1v) is 6.90. The molecule has 3 N–H and O–H groups in total. The number of nitrogens with one attached hydrogen (secondary N) is 1. The Hall–Kier alpha value is -3.14. The molecule has 1 heterocycles. The molecule has 1 amide bonds. The molecule has 1 aromatic heterocycles. The fourth-order valence-corrected chi connectivity index (χ4v) is 2.17. The number of nitrogen functional groups attached to an aromatic ring is 1.